The second-order valence-electron chi connectivity index (χ2n) is 14.7. The van der Waals surface area contributed by atoms with Gasteiger partial charge in [-0.05, 0) is 75.4 Å². The summed E-state index contributed by atoms with van der Waals surface area (Å²) in [7, 11) is 1.77. The van der Waals surface area contributed by atoms with Crippen molar-refractivity contribution in [1.82, 2.24) is 24.4 Å². The van der Waals surface area contributed by atoms with E-state index in [9.17, 15) is 4.79 Å². The van der Waals surface area contributed by atoms with Gasteiger partial charge in [0.1, 0.15) is 28.8 Å². The van der Waals surface area contributed by atoms with Crippen molar-refractivity contribution < 1.29 is 18.7 Å². The minimum atomic E-state index is -0.354. The topological polar surface area (TPSA) is 98.8 Å². The Hall–Kier alpha value is -5.12. The molecule has 1 saturated heterocycles. The van der Waals surface area contributed by atoms with Crippen LogP contribution in [0, 0.1) is 12.8 Å². The van der Waals surface area contributed by atoms with E-state index in [0.29, 0.717) is 42.8 Å². The fraction of sp³-hybridized carbons (Fsp3) is 0.442. The van der Waals surface area contributed by atoms with Gasteiger partial charge in [-0.15, -0.1) is 0 Å². The third kappa shape index (κ3) is 8.27. The highest BCUT2D eigenvalue weighted by molar-refractivity contribution is 6.05. The Bertz CT molecular complexity index is 2050. The van der Waals surface area contributed by atoms with Crippen molar-refractivity contribution in [3.05, 3.63) is 84.5 Å². The average Bonchev–Trinajstić information content (AvgIpc) is 3.82. The quantitative estimate of drug-likeness (QED) is 0.0930. The van der Waals surface area contributed by atoms with Gasteiger partial charge in [0.25, 0.3) is 6.01 Å². The Labute approximate surface area is 313 Å². The summed E-state index contributed by atoms with van der Waals surface area (Å²) in [4.78, 5) is 31.6. The normalized spacial score (nSPS) is 16.4. The molecule has 10 heteroatoms. The molecule has 0 spiro atoms. The molecule has 0 aliphatic carbocycles. The number of rotatable bonds is 16. The van der Waals surface area contributed by atoms with Crippen LogP contribution in [0.5, 0.6) is 11.8 Å². The van der Waals surface area contributed by atoms with Gasteiger partial charge in [0.05, 0.1) is 17.9 Å². The highest BCUT2D eigenvalue weighted by Crippen LogP contribution is 2.38. The lowest BCUT2D eigenvalue weighted by Gasteiger charge is -2.26. The molecule has 280 valence electrons. The van der Waals surface area contributed by atoms with Crippen molar-refractivity contribution >= 4 is 46.1 Å². The number of carbonyl (C=O) groups excluding carboxylic acids is 1. The number of hydrogen-bond donors (Lipinski definition) is 0. The highest BCUT2D eigenvalue weighted by atomic mass is 16.6. The van der Waals surface area contributed by atoms with Crippen molar-refractivity contribution in [1.29, 1.82) is 0 Å². The molecule has 0 bridgehead atoms. The molecule has 1 aliphatic heterocycles. The van der Waals surface area contributed by atoms with Crippen LogP contribution in [0.15, 0.2) is 66.1 Å². The van der Waals surface area contributed by atoms with Gasteiger partial charge in [-0.25, -0.2) is 14.8 Å². The van der Waals surface area contributed by atoms with Crippen LogP contribution in [0.3, 0.4) is 0 Å². The van der Waals surface area contributed by atoms with Crippen LogP contribution in [0.4, 0.5) is 10.6 Å². The second-order valence-corrected chi connectivity index (χ2v) is 14.7. The molecule has 1 fully saturated rings. The first-order chi connectivity index (χ1) is 25.6. The molecule has 3 atom stereocenters. The summed E-state index contributed by atoms with van der Waals surface area (Å²) < 4.78 is 21.0. The maximum atomic E-state index is 12.6. The van der Waals surface area contributed by atoms with E-state index in [1.807, 2.05) is 55.5 Å². The van der Waals surface area contributed by atoms with Gasteiger partial charge in [-0.1, -0.05) is 76.6 Å². The van der Waals surface area contributed by atoms with Gasteiger partial charge < -0.3 is 23.7 Å². The summed E-state index contributed by atoms with van der Waals surface area (Å²) in [6.45, 7) is 20.3. The number of furan rings is 1. The Morgan fingerprint density at radius 1 is 1.06 bits per heavy atom. The van der Waals surface area contributed by atoms with Gasteiger partial charge in [-0.2, -0.15) is 4.98 Å². The monoisotopic (exact) mass is 718 g/mol. The molecule has 10 nitrogen and oxygen atoms in total. The van der Waals surface area contributed by atoms with E-state index >= 15 is 0 Å². The maximum Gasteiger partial charge on any atom is 0.414 e. The number of carbonyl (C=O) groups is 1. The maximum absolute atomic E-state index is 12.6. The van der Waals surface area contributed by atoms with Crippen molar-refractivity contribution in [2.45, 2.75) is 97.8 Å². The van der Waals surface area contributed by atoms with Gasteiger partial charge >= 0.3 is 6.09 Å². The standard InChI is InChI=1S/C43H54N6O4/c1-9-17-36(28(4)5)49-35(11-3)34(10-2)44-42(49)51-32-26-30(7)48(27-32)41-40-39(33-18-14-15-19-37(33)53-40)45-38(46-41)20-13-12-16-25-47(8)43(50)52-31-23-21-29(6)22-24-31/h10-11,14-15,18-19,21-24,28,30,32,36H,2-3,9,12-13,16-17,20,25-27H2,1,4-8H3/t30-,32+,36+/m1/s1. The second kappa shape index (κ2) is 16.7. The van der Waals surface area contributed by atoms with Crippen LogP contribution in [0.25, 0.3) is 34.2 Å². The molecule has 0 N–H and O–H groups in total. The van der Waals surface area contributed by atoms with Gasteiger partial charge in [0.15, 0.2) is 11.4 Å². The van der Waals surface area contributed by atoms with E-state index in [-0.39, 0.29) is 24.3 Å². The lowest BCUT2D eigenvalue weighted by molar-refractivity contribution is 0.162. The number of nitrogens with zero attached hydrogens (tertiary/aromatic N) is 6. The molecule has 6 rings (SSSR count). The third-order valence-corrected chi connectivity index (χ3v) is 10.3. The zero-order valence-electron chi connectivity index (χ0n) is 32.2. The minimum absolute atomic E-state index is 0.108. The molecule has 5 aromatic rings. The first-order valence-electron chi connectivity index (χ1n) is 19.1. The SMILES string of the molecule is C=Cc1nc(O[C@H]2C[C@@H](C)N(c3nc(CCCCCN(C)C(=O)Oc4ccc(C)cc4)nc4c3oc3ccccc34)C2)n([C@@H](CCC)C(C)C)c1C=C. The lowest BCUT2D eigenvalue weighted by Crippen LogP contribution is -2.30. The summed E-state index contributed by atoms with van der Waals surface area (Å²) in [5, 5.41) is 0.979. The van der Waals surface area contributed by atoms with Gasteiger partial charge in [0, 0.05) is 43.9 Å². The number of imidazole rings is 1. The first-order valence-corrected chi connectivity index (χ1v) is 19.1. The number of aromatic nitrogens is 4. The summed E-state index contributed by atoms with van der Waals surface area (Å²) in [5.74, 6) is 2.52. The van der Waals surface area contributed by atoms with Crippen LogP contribution in [-0.4, -0.2) is 62.8 Å². The van der Waals surface area contributed by atoms with Crippen molar-refractivity contribution in [3.8, 4) is 11.8 Å². The van der Waals surface area contributed by atoms with E-state index in [0.717, 1.165) is 83.6 Å². The number of anilines is 1. The zero-order valence-corrected chi connectivity index (χ0v) is 32.2. The first kappa shape index (κ1) is 37.6. The van der Waals surface area contributed by atoms with E-state index in [2.05, 4.69) is 56.4 Å². The number of para-hydroxylation sites is 1. The number of unbranched alkanes of at least 4 members (excludes halogenated alkanes) is 2. The molecular weight excluding hydrogens is 665 g/mol. The van der Waals surface area contributed by atoms with Crippen LogP contribution in [0.1, 0.15) is 95.0 Å². The number of ether oxygens (including phenoxy) is 2. The van der Waals surface area contributed by atoms with Crippen LogP contribution in [0.2, 0.25) is 0 Å². The van der Waals surface area contributed by atoms with E-state index in [1.54, 1.807) is 18.0 Å². The Morgan fingerprint density at radius 3 is 2.55 bits per heavy atom. The number of amides is 1. The molecule has 2 aromatic carbocycles. The van der Waals surface area contributed by atoms with Gasteiger partial charge in [0.2, 0.25) is 0 Å². The smallest absolute Gasteiger partial charge is 0.414 e. The number of hydrogen-bond acceptors (Lipinski definition) is 8. The van der Waals surface area contributed by atoms with Crippen molar-refractivity contribution in [2.24, 2.45) is 5.92 Å². The molecular formula is C43H54N6O4. The van der Waals surface area contributed by atoms with E-state index in [1.165, 1.54) is 0 Å². The van der Waals surface area contributed by atoms with E-state index in [4.69, 9.17) is 28.8 Å². The fourth-order valence-electron chi connectivity index (χ4n) is 7.38. The Morgan fingerprint density at radius 2 is 1.83 bits per heavy atom. The summed E-state index contributed by atoms with van der Waals surface area (Å²) in [5.41, 5.74) is 5.18. The van der Waals surface area contributed by atoms with Crippen LogP contribution < -0.4 is 14.4 Å². The van der Waals surface area contributed by atoms with Crippen LogP contribution in [-0.2, 0) is 6.42 Å². The van der Waals surface area contributed by atoms with Crippen molar-refractivity contribution in [3.63, 3.8) is 0 Å². The zero-order chi connectivity index (χ0) is 37.6. The summed E-state index contributed by atoms with van der Waals surface area (Å²) >= 11 is 0. The fourth-order valence-corrected chi connectivity index (χ4v) is 7.38. The predicted octanol–water partition coefficient (Wildman–Crippen LogP) is 10.1. The Kier molecular flexibility index (Phi) is 11.9. The van der Waals surface area contributed by atoms with Crippen LogP contribution >= 0.6 is 0 Å². The summed E-state index contributed by atoms with van der Waals surface area (Å²) in [6, 6.07) is 16.5. The van der Waals surface area contributed by atoms with Crippen molar-refractivity contribution in [2.75, 3.05) is 25.0 Å². The molecule has 53 heavy (non-hydrogen) atoms. The molecule has 4 heterocycles. The predicted molar refractivity (Wildman–Crippen MR) is 214 cm³/mol. The van der Waals surface area contributed by atoms with E-state index < -0.39 is 0 Å². The molecule has 0 unspecified atom stereocenters. The molecule has 0 saturated carbocycles. The number of aryl methyl sites for hydroxylation is 2. The highest BCUT2D eigenvalue weighted by Gasteiger charge is 2.36. The molecule has 3 aromatic heterocycles. The lowest BCUT2D eigenvalue weighted by atomic mass is 9.99. The largest absolute Gasteiger partial charge is 0.459 e. The average molecular weight is 719 g/mol. The number of fused-ring (bicyclic) bond motifs is 3. The minimum Gasteiger partial charge on any atom is -0.459 e. The molecule has 1 amide bonds. The summed E-state index contributed by atoms with van der Waals surface area (Å²) in [6.07, 6.45) is 9.43. The third-order valence-electron chi connectivity index (χ3n) is 10.3. The molecule has 0 radical (unpaired) electrons. The van der Waals surface area contributed by atoms with Gasteiger partial charge in [-0.3, -0.25) is 4.57 Å². The molecule has 1 aliphatic rings. The number of benzene rings is 2. The Balaban J connectivity index is 1.18.